The van der Waals surface area contributed by atoms with E-state index in [2.05, 4.69) is 52.6 Å². The summed E-state index contributed by atoms with van der Waals surface area (Å²) in [6.45, 7) is 16.4. The van der Waals surface area contributed by atoms with E-state index in [0.29, 0.717) is 0 Å². The van der Waals surface area contributed by atoms with Crippen LogP contribution in [0, 0.1) is 0 Å². The lowest BCUT2D eigenvalue weighted by molar-refractivity contribution is 0.172. The van der Waals surface area contributed by atoms with Gasteiger partial charge in [0.05, 0.1) is 0 Å². The van der Waals surface area contributed by atoms with Gasteiger partial charge < -0.3 is 17.7 Å². The lowest BCUT2D eigenvalue weighted by Gasteiger charge is -2.27. The van der Waals surface area contributed by atoms with Gasteiger partial charge in [-0.1, -0.05) is 27.7 Å². The van der Waals surface area contributed by atoms with Crippen LogP contribution in [0.5, 0.6) is 0 Å². The maximum Gasteiger partial charge on any atom is 0.334 e. The van der Waals surface area contributed by atoms with Gasteiger partial charge in [0, 0.05) is 26.4 Å². The first-order valence-electron chi connectivity index (χ1n) is 11.1. The molecule has 0 spiro atoms. The second-order valence-electron chi connectivity index (χ2n) is 7.48. The molecule has 0 aliphatic rings. The third-order valence-electron chi connectivity index (χ3n) is 4.29. The minimum Gasteiger partial charge on any atom is -0.394 e. The highest BCUT2D eigenvalue weighted by Crippen LogP contribution is 2.21. The molecule has 0 saturated carbocycles. The van der Waals surface area contributed by atoms with Gasteiger partial charge in [0.25, 0.3) is 0 Å². The lowest BCUT2D eigenvalue weighted by atomic mass is 10.5. The fourth-order valence-corrected chi connectivity index (χ4v) is 9.08. The zero-order chi connectivity index (χ0) is 20.4. The molecule has 0 aromatic rings. The van der Waals surface area contributed by atoms with Gasteiger partial charge in [0.15, 0.2) is 0 Å². The Morgan fingerprint density at radius 3 is 1.11 bits per heavy atom. The van der Waals surface area contributed by atoms with Gasteiger partial charge in [0.1, 0.15) is 0 Å². The number of hydrogen-bond acceptors (Lipinski definition) is 5. The van der Waals surface area contributed by atoms with Crippen molar-refractivity contribution in [3.8, 4) is 0 Å². The zero-order valence-corrected chi connectivity index (χ0v) is 21.8. The quantitative estimate of drug-likeness (QED) is 0.163. The van der Waals surface area contributed by atoms with Crippen molar-refractivity contribution in [1.82, 2.24) is 0 Å². The molecule has 0 aliphatic heterocycles. The van der Waals surface area contributed by atoms with Crippen LogP contribution in [0.1, 0.15) is 66.2 Å². The number of rotatable bonds is 20. The summed E-state index contributed by atoms with van der Waals surface area (Å²) in [7, 11) is -3.93. The minimum absolute atomic E-state index is 0.832. The first-order valence-corrected chi connectivity index (χ1v) is 17.3. The van der Waals surface area contributed by atoms with E-state index < -0.39 is 17.1 Å². The van der Waals surface area contributed by atoms with Gasteiger partial charge in [-0.15, -0.1) is 0 Å². The topological polar surface area (TPSA) is 36.9 Å². The van der Waals surface area contributed by atoms with Gasteiger partial charge in [-0.05, 0) is 75.2 Å². The third-order valence-corrected chi connectivity index (χ3v) is 11.2. The fourth-order valence-electron chi connectivity index (χ4n) is 2.74. The zero-order valence-electron chi connectivity index (χ0n) is 18.9. The van der Waals surface area contributed by atoms with Gasteiger partial charge >= 0.3 is 17.1 Å². The third kappa shape index (κ3) is 15.2. The van der Waals surface area contributed by atoms with Crippen LogP contribution in [0.25, 0.3) is 0 Å². The molecule has 0 aromatic heterocycles. The summed E-state index contributed by atoms with van der Waals surface area (Å²) in [6, 6.07) is 2.21. The van der Waals surface area contributed by atoms with Crippen LogP contribution in [0.15, 0.2) is 0 Å². The molecule has 0 aromatic carbocycles. The maximum atomic E-state index is 6.11. The molecule has 0 fully saturated rings. The van der Waals surface area contributed by atoms with Crippen molar-refractivity contribution in [2.24, 2.45) is 0 Å². The van der Waals surface area contributed by atoms with Crippen LogP contribution in [-0.4, -0.2) is 55.1 Å². The van der Waals surface area contributed by atoms with E-state index in [4.69, 9.17) is 17.7 Å². The van der Waals surface area contributed by atoms with E-state index in [-0.39, 0.29) is 0 Å². The molecule has 4 nitrogen and oxygen atoms in total. The smallest absolute Gasteiger partial charge is 0.334 e. The summed E-state index contributed by atoms with van der Waals surface area (Å²) in [5.74, 6) is 2.38. The standard InChI is InChI=1S/C20H46O4SSi2/c1-7-13-21-26(5,22-14-8-2)19-11-17-25-18-12-20-27(6,23-15-9-3)24-16-10-4/h7-20H2,1-6H3. The number of hydrogen-bond donors (Lipinski definition) is 0. The molecule has 7 heteroatoms. The summed E-state index contributed by atoms with van der Waals surface area (Å²) in [5, 5.41) is 0. The monoisotopic (exact) mass is 438 g/mol. The van der Waals surface area contributed by atoms with E-state index in [1.165, 1.54) is 24.3 Å². The average Bonchev–Trinajstić information content (AvgIpc) is 2.67. The molecule has 0 atom stereocenters. The molecule has 0 rings (SSSR count). The fraction of sp³-hybridized carbons (Fsp3) is 1.00. The van der Waals surface area contributed by atoms with E-state index in [9.17, 15) is 0 Å². The van der Waals surface area contributed by atoms with Gasteiger partial charge in [0.2, 0.25) is 0 Å². The summed E-state index contributed by atoms with van der Waals surface area (Å²) >= 11 is 2.05. The van der Waals surface area contributed by atoms with E-state index in [1.54, 1.807) is 0 Å². The van der Waals surface area contributed by atoms with Crippen molar-refractivity contribution >= 4 is 28.9 Å². The van der Waals surface area contributed by atoms with Gasteiger partial charge in [-0.2, -0.15) is 11.8 Å². The predicted octanol–water partition coefficient (Wildman–Crippen LogP) is 6.35. The lowest BCUT2D eigenvalue weighted by Crippen LogP contribution is -2.39. The van der Waals surface area contributed by atoms with Crippen LogP contribution in [0.3, 0.4) is 0 Å². The molecular weight excluding hydrogens is 392 g/mol. The van der Waals surface area contributed by atoms with Crippen molar-refractivity contribution in [1.29, 1.82) is 0 Å². The minimum atomic E-state index is -1.97. The Kier molecular flexibility index (Phi) is 17.9. The van der Waals surface area contributed by atoms with E-state index in [0.717, 1.165) is 64.2 Å². The van der Waals surface area contributed by atoms with Gasteiger partial charge in [-0.25, -0.2) is 0 Å². The Bertz CT molecular complexity index is 289. The Balaban J connectivity index is 4.03. The van der Waals surface area contributed by atoms with Crippen LogP contribution < -0.4 is 0 Å². The largest absolute Gasteiger partial charge is 0.394 e. The summed E-state index contributed by atoms with van der Waals surface area (Å²) in [6.07, 6.45) is 6.64. The molecule has 0 saturated heterocycles. The summed E-state index contributed by atoms with van der Waals surface area (Å²) in [5.41, 5.74) is 0. The molecule has 0 aliphatic carbocycles. The second kappa shape index (κ2) is 17.5. The second-order valence-corrected chi connectivity index (χ2v) is 15.4. The van der Waals surface area contributed by atoms with E-state index >= 15 is 0 Å². The molecule has 0 unspecified atom stereocenters. The average molecular weight is 439 g/mol. The Labute approximate surface area is 176 Å². The highest BCUT2D eigenvalue weighted by molar-refractivity contribution is 7.99. The molecule has 27 heavy (non-hydrogen) atoms. The van der Waals surface area contributed by atoms with Crippen molar-refractivity contribution in [3.05, 3.63) is 0 Å². The SMILES string of the molecule is CCCO[Si](C)(CCCSCCC[Si](C)(OCCC)OCCC)OCCC. The van der Waals surface area contributed by atoms with Crippen LogP contribution in [-0.2, 0) is 17.7 Å². The molecule has 164 valence electrons. The highest BCUT2D eigenvalue weighted by atomic mass is 32.2. The normalized spacial score (nSPS) is 12.7. The molecule has 0 radical (unpaired) electrons. The predicted molar refractivity (Wildman–Crippen MR) is 124 cm³/mol. The van der Waals surface area contributed by atoms with Crippen molar-refractivity contribution < 1.29 is 17.7 Å². The molecule has 0 amide bonds. The van der Waals surface area contributed by atoms with Crippen LogP contribution >= 0.6 is 11.8 Å². The summed E-state index contributed by atoms with van der Waals surface area (Å²) < 4.78 is 24.4. The Morgan fingerprint density at radius 2 is 0.852 bits per heavy atom. The first kappa shape index (κ1) is 27.6. The van der Waals surface area contributed by atoms with Crippen LogP contribution in [0.2, 0.25) is 25.2 Å². The Hall–Kier alpha value is 0.624. The first-order chi connectivity index (χ1) is 12.9. The molecule has 0 heterocycles. The Morgan fingerprint density at radius 1 is 0.556 bits per heavy atom. The molecule has 0 bridgehead atoms. The van der Waals surface area contributed by atoms with E-state index in [1.807, 2.05) is 0 Å². The highest BCUT2D eigenvalue weighted by Gasteiger charge is 2.31. The molecular formula is C20H46O4SSi2. The summed E-state index contributed by atoms with van der Waals surface area (Å²) in [4.78, 5) is 0. The number of thioether (sulfide) groups is 1. The van der Waals surface area contributed by atoms with Crippen molar-refractivity contribution in [2.45, 2.75) is 91.4 Å². The molecule has 0 N–H and O–H groups in total. The van der Waals surface area contributed by atoms with Crippen LogP contribution in [0.4, 0.5) is 0 Å². The van der Waals surface area contributed by atoms with Crippen molar-refractivity contribution in [2.75, 3.05) is 37.9 Å². The maximum absolute atomic E-state index is 6.11. The van der Waals surface area contributed by atoms with Crippen molar-refractivity contribution in [3.63, 3.8) is 0 Å². The van der Waals surface area contributed by atoms with Gasteiger partial charge in [-0.3, -0.25) is 0 Å².